The molecule has 0 saturated carbocycles. The Hall–Kier alpha value is -1.16. The van der Waals surface area contributed by atoms with E-state index in [0.29, 0.717) is 0 Å². The lowest BCUT2D eigenvalue weighted by molar-refractivity contribution is -0.903. The zero-order valence-corrected chi connectivity index (χ0v) is 18.4. The number of thioether (sulfide) groups is 1. The maximum Gasteiger partial charge on any atom is 0.104 e. The first-order valence-electron chi connectivity index (χ1n) is 9.43. The third-order valence-corrected chi connectivity index (χ3v) is 6.39. The summed E-state index contributed by atoms with van der Waals surface area (Å²) in [6.07, 6.45) is 2.54. The van der Waals surface area contributed by atoms with Gasteiger partial charge in [-0.3, -0.25) is 0 Å². The maximum atomic E-state index is 5.67. The van der Waals surface area contributed by atoms with Crippen molar-refractivity contribution in [2.24, 2.45) is 0 Å². The summed E-state index contributed by atoms with van der Waals surface area (Å²) in [5.41, 5.74) is 3.86. The summed E-state index contributed by atoms with van der Waals surface area (Å²) in [6.45, 7) is 9.07. The second kappa shape index (κ2) is 9.16. The number of quaternary nitrogens is 1. The Morgan fingerprint density at radius 1 is 1.00 bits per heavy atom. The third kappa shape index (κ3) is 6.22. The summed E-state index contributed by atoms with van der Waals surface area (Å²) in [7, 11) is 4.64. The van der Waals surface area contributed by atoms with E-state index in [4.69, 9.17) is 12.2 Å². The van der Waals surface area contributed by atoms with E-state index in [1.54, 1.807) is 11.8 Å². The normalized spacial score (nSPS) is 12.2. The molecule has 26 heavy (non-hydrogen) atoms. The summed E-state index contributed by atoms with van der Waals surface area (Å²) in [6, 6.07) is 19.4. The van der Waals surface area contributed by atoms with Crippen LogP contribution < -0.4 is 0 Å². The molecule has 2 rings (SSSR count). The van der Waals surface area contributed by atoms with Crippen LogP contribution in [0.5, 0.6) is 0 Å². The van der Waals surface area contributed by atoms with Gasteiger partial charge in [-0.1, -0.05) is 80.2 Å². The van der Waals surface area contributed by atoms with Gasteiger partial charge in [-0.25, -0.2) is 0 Å². The highest BCUT2D eigenvalue weighted by Gasteiger charge is 2.24. The number of rotatable bonds is 8. The number of unbranched alkanes of at least 4 members (excludes halogenated alkanes) is 1. The highest BCUT2D eigenvalue weighted by Crippen LogP contribution is 2.38. The number of hydrogen-bond acceptors (Lipinski definition) is 2. The highest BCUT2D eigenvalue weighted by molar-refractivity contribution is 8.24. The zero-order valence-electron chi connectivity index (χ0n) is 16.8. The molecule has 2 aromatic rings. The van der Waals surface area contributed by atoms with E-state index < -0.39 is 0 Å². The van der Waals surface area contributed by atoms with Gasteiger partial charge >= 0.3 is 0 Å². The minimum absolute atomic E-state index is 0.0436. The molecule has 0 saturated heterocycles. The minimum Gasteiger partial charge on any atom is -0.325 e. The fourth-order valence-electron chi connectivity index (χ4n) is 3.09. The van der Waals surface area contributed by atoms with Crippen molar-refractivity contribution >= 4 is 28.2 Å². The van der Waals surface area contributed by atoms with E-state index in [-0.39, 0.29) is 4.75 Å². The molecule has 0 aliphatic carbocycles. The molecule has 0 heterocycles. The largest absolute Gasteiger partial charge is 0.325 e. The van der Waals surface area contributed by atoms with Crippen LogP contribution in [-0.2, 0) is 11.3 Å². The Kier molecular flexibility index (Phi) is 7.45. The molecule has 0 radical (unpaired) electrons. The smallest absolute Gasteiger partial charge is 0.104 e. The number of benzene rings is 2. The Morgan fingerprint density at radius 2 is 1.62 bits per heavy atom. The second-order valence-corrected chi connectivity index (χ2v) is 10.4. The molecular weight excluding hydrogens is 354 g/mol. The molecule has 0 amide bonds. The Labute approximate surface area is 169 Å². The predicted octanol–water partition coefficient (Wildman–Crippen LogP) is 6.41. The van der Waals surface area contributed by atoms with E-state index in [9.17, 15) is 0 Å². The molecule has 140 valence electrons. The van der Waals surface area contributed by atoms with Gasteiger partial charge in [0.1, 0.15) is 6.54 Å². The molecule has 0 fully saturated rings. The van der Waals surface area contributed by atoms with Gasteiger partial charge in [0.2, 0.25) is 0 Å². The van der Waals surface area contributed by atoms with Crippen LogP contribution in [-0.4, -0.2) is 29.3 Å². The van der Waals surface area contributed by atoms with E-state index in [0.717, 1.165) is 20.8 Å². The number of nitrogens with zero attached hydrogens (tertiary/aromatic N) is 1. The van der Waals surface area contributed by atoms with Crippen molar-refractivity contribution in [3.8, 4) is 0 Å². The Bertz CT molecular complexity index is 703. The van der Waals surface area contributed by atoms with Crippen LogP contribution in [0, 0.1) is 0 Å². The van der Waals surface area contributed by atoms with Crippen molar-refractivity contribution in [3.05, 3.63) is 71.3 Å². The fraction of sp³-hybridized carbons (Fsp3) is 0.435. The van der Waals surface area contributed by atoms with E-state index >= 15 is 0 Å². The summed E-state index contributed by atoms with van der Waals surface area (Å²) in [4.78, 5) is 0. The molecule has 0 atom stereocenters. The summed E-state index contributed by atoms with van der Waals surface area (Å²) < 4.78 is 1.96. The van der Waals surface area contributed by atoms with Gasteiger partial charge in [0.05, 0.1) is 24.8 Å². The molecule has 0 N–H and O–H groups in total. The second-order valence-electron chi connectivity index (χ2n) is 8.13. The van der Waals surface area contributed by atoms with Crippen LogP contribution in [0.4, 0.5) is 0 Å². The molecule has 0 aliphatic rings. The van der Waals surface area contributed by atoms with Gasteiger partial charge in [0.15, 0.2) is 0 Å². The maximum absolute atomic E-state index is 5.67. The first kappa shape index (κ1) is 21.1. The lowest BCUT2D eigenvalue weighted by Gasteiger charge is -2.30. The first-order chi connectivity index (χ1) is 12.2. The summed E-state index contributed by atoms with van der Waals surface area (Å²) in [5.74, 6) is 0. The minimum atomic E-state index is -0.0436. The summed E-state index contributed by atoms with van der Waals surface area (Å²) in [5, 5.41) is 0. The zero-order chi connectivity index (χ0) is 19.2. The van der Waals surface area contributed by atoms with Crippen LogP contribution >= 0.6 is 24.0 Å². The molecule has 0 aromatic heterocycles. The quantitative estimate of drug-likeness (QED) is 0.380. The lowest BCUT2D eigenvalue weighted by atomic mass is 10.0. The molecule has 2 aromatic carbocycles. The van der Waals surface area contributed by atoms with Crippen LogP contribution in [0.2, 0.25) is 0 Å². The van der Waals surface area contributed by atoms with Gasteiger partial charge in [-0.15, -0.1) is 11.8 Å². The van der Waals surface area contributed by atoms with Crippen LogP contribution in [0.1, 0.15) is 50.3 Å². The Balaban J connectivity index is 2.05. The molecule has 1 nitrogen and oxygen atoms in total. The van der Waals surface area contributed by atoms with Crippen molar-refractivity contribution in [3.63, 3.8) is 0 Å². The van der Waals surface area contributed by atoms with Crippen LogP contribution in [0.25, 0.3) is 0 Å². The van der Waals surface area contributed by atoms with Gasteiger partial charge in [0.25, 0.3) is 0 Å². The topological polar surface area (TPSA) is 0 Å². The van der Waals surface area contributed by atoms with Crippen molar-refractivity contribution in [1.82, 2.24) is 0 Å². The highest BCUT2D eigenvalue weighted by atomic mass is 32.2. The molecule has 0 aliphatic heterocycles. The SMILES string of the molecule is CCCC[N+](C)(C)Cc1ccc(C(C)(C)SC(=S)c2ccccc2)cc1. The average molecular weight is 387 g/mol. The van der Waals surface area contributed by atoms with Crippen molar-refractivity contribution in [1.29, 1.82) is 0 Å². The standard InChI is InChI=1S/C23H32NS2/c1-6-7-17-24(4,5)18-19-13-15-21(16-14-19)23(2,3)26-22(25)20-11-9-8-10-12-20/h8-16H,6-7,17-18H2,1-5H3/q+1. The first-order valence-corrected chi connectivity index (χ1v) is 10.7. The van der Waals surface area contributed by atoms with Gasteiger partial charge in [-0.05, 0) is 31.4 Å². The van der Waals surface area contributed by atoms with Gasteiger partial charge in [-0.2, -0.15) is 0 Å². The van der Waals surface area contributed by atoms with Crippen LogP contribution in [0.3, 0.4) is 0 Å². The van der Waals surface area contributed by atoms with E-state index in [2.05, 4.69) is 71.3 Å². The number of hydrogen-bond donors (Lipinski definition) is 0. The van der Waals surface area contributed by atoms with Crippen LogP contribution in [0.15, 0.2) is 54.6 Å². The molecule has 0 bridgehead atoms. The van der Waals surface area contributed by atoms with Crippen molar-refractivity contribution in [2.45, 2.75) is 44.9 Å². The Morgan fingerprint density at radius 3 is 2.19 bits per heavy atom. The molecule has 0 unspecified atom stereocenters. The van der Waals surface area contributed by atoms with Gasteiger partial charge in [0, 0.05) is 10.3 Å². The molecule has 0 spiro atoms. The van der Waals surface area contributed by atoms with E-state index in [1.807, 2.05) is 18.2 Å². The third-order valence-electron chi connectivity index (χ3n) is 4.73. The monoisotopic (exact) mass is 386 g/mol. The van der Waals surface area contributed by atoms with Crippen molar-refractivity contribution < 1.29 is 4.48 Å². The average Bonchev–Trinajstić information content (AvgIpc) is 2.60. The van der Waals surface area contributed by atoms with Crippen molar-refractivity contribution in [2.75, 3.05) is 20.6 Å². The summed E-state index contributed by atoms with van der Waals surface area (Å²) >= 11 is 7.43. The fourth-order valence-corrected chi connectivity index (χ4v) is 4.83. The lowest BCUT2D eigenvalue weighted by Crippen LogP contribution is -2.39. The molecular formula is C23H32NS2+. The van der Waals surface area contributed by atoms with Gasteiger partial charge < -0.3 is 4.48 Å². The van der Waals surface area contributed by atoms with E-state index in [1.165, 1.54) is 30.5 Å². The predicted molar refractivity (Wildman–Crippen MR) is 121 cm³/mol. The number of thiocarbonyl (C=S) groups is 1. The molecule has 3 heteroatoms.